The van der Waals surface area contributed by atoms with Gasteiger partial charge in [-0.25, -0.2) is 4.68 Å². The van der Waals surface area contributed by atoms with Crippen molar-refractivity contribution in [2.24, 2.45) is 0 Å². The highest BCUT2D eigenvalue weighted by molar-refractivity contribution is 7.17. The van der Waals surface area contributed by atoms with Crippen LogP contribution in [-0.4, -0.2) is 26.1 Å². The van der Waals surface area contributed by atoms with Crippen molar-refractivity contribution in [1.82, 2.24) is 19.5 Å². The molecule has 7 heteroatoms. The van der Waals surface area contributed by atoms with Crippen LogP contribution in [0, 0.1) is 6.92 Å². The van der Waals surface area contributed by atoms with Crippen LogP contribution >= 0.6 is 11.3 Å². The third-order valence-corrected chi connectivity index (χ3v) is 4.95. The molecule has 1 amide bonds. The molecular weight excluding hydrogens is 300 g/mol. The number of fused-ring (bicyclic) bond motifs is 3. The minimum absolute atomic E-state index is 0.144. The quantitative estimate of drug-likeness (QED) is 0.802. The molecular formula is C15H16N4O2S. The monoisotopic (exact) mass is 316 g/mol. The van der Waals surface area contributed by atoms with E-state index in [4.69, 9.17) is 0 Å². The lowest BCUT2D eigenvalue weighted by Gasteiger charge is -2.15. The highest BCUT2D eigenvalue weighted by atomic mass is 32.1. The second-order valence-electron chi connectivity index (χ2n) is 5.79. The predicted molar refractivity (Wildman–Crippen MR) is 85.4 cm³/mol. The second kappa shape index (κ2) is 4.67. The second-order valence-corrected chi connectivity index (χ2v) is 6.74. The molecule has 1 saturated carbocycles. The van der Waals surface area contributed by atoms with Crippen LogP contribution in [0.15, 0.2) is 22.3 Å². The molecule has 1 N–H and O–H groups in total. The highest BCUT2D eigenvalue weighted by Gasteiger charge is 2.27. The smallest absolute Gasteiger partial charge is 0.291 e. The average molecular weight is 316 g/mol. The first-order chi connectivity index (χ1) is 10.6. The first kappa shape index (κ1) is 13.5. The Hall–Kier alpha value is -2.15. The number of nitrogens with one attached hydrogen (secondary N) is 1. The van der Waals surface area contributed by atoms with Crippen LogP contribution in [0.2, 0.25) is 0 Å². The van der Waals surface area contributed by atoms with Crippen molar-refractivity contribution < 1.29 is 4.79 Å². The zero-order valence-corrected chi connectivity index (χ0v) is 13.2. The van der Waals surface area contributed by atoms with E-state index in [0.717, 1.165) is 23.1 Å². The fourth-order valence-electron chi connectivity index (χ4n) is 2.72. The maximum atomic E-state index is 12.7. The van der Waals surface area contributed by atoms with Gasteiger partial charge in [0, 0.05) is 6.04 Å². The van der Waals surface area contributed by atoms with Gasteiger partial charge < -0.3 is 5.32 Å². The molecule has 1 aliphatic rings. The number of thiophene rings is 1. The molecule has 3 heterocycles. The van der Waals surface area contributed by atoms with Crippen molar-refractivity contribution in [3.05, 3.63) is 33.7 Å². The summed E-state index contributed by atoms with van der Waals surface area (Å²) in [5, 5.41) is 9.28. The van der Waals surface area contributed by atoms with Crippen LogP contribution in [0.1, 0.15) is 31.6 Å². The molecule has 22 heavy (non-hydrogen) atoms. The van der Waals surface area contributed by atoms with Crippen LogP contribution < -0.4 is 10.9 Å². The maximum Gasteiger partial charge on any atom is 0.291 e. The molecule has 0 bridgehead atoms. The van der Waals surface area contributed by atoms with Gasteiger partial charge in [0.15, 0.2) is 0 Å². The van der Waals surface area contributed by atoms with E-state index in [1.54, 1.807) is 18.3 Å². The Morgan fingerprint density at radius 2 is 2.23 bits per heavy atom. The van der Waals surface area contributed by atoms with Crippen LogP contribution in [0.5, 0.6) is 0 Å². The van der Waals surface area contributed by atoms with Gasteiger partial charge in [0.2, 0.25) is 5.91 Å². The van der Waals surface area contributed by atoms with E-state index in [1.165, 1.54) is 4.68 Å². The number of carbonyl (C=O) groups is 1. The zero-order chi connectivity index (χ0) is 15.4. The molecule has 3 aromatic rings. The molecule has 1 aliphatic carbocycles. The van der Waals surface area contributed by atoms with Gasteiger partial charge in [-0.1, -0.05) is 0 Å². The summed E-state index contributed by atoms with van der Waals surface area (Å²) in [5.74, 6) is 0.559. The van der Waals surface area contributed by atoms with Crippen LogP contribution in [0.4, 0.5) is 0 Å². The number of nitrogens with zero attached hydrogens (tertiary/aromatic N) is 3. The largest absolute Gasteiger partial charge is 0.352 e. The molecule has 3 aromatic heterocycles. The number of hydrogen-bond acceptors (Lipinski definition) is 4. The number of hydrogen-bond donors (Lipinski definition) is 1. The van der Waals surface area contributed by atoms with Gasteiger partial charge in [0.1, 0.15) is 17.4 Å². The number of rotatable bonds is 3. The van der Waals surface area contributed by atoms with E-state index in [-0.39, 0.29) is 17.5 Å². The minimum atomic E-state index is -0.607. The summed E-state index contributed by atoms with van der Waals surface area (Å²) in [5.41, 5.74) is 1.33. The van der Waals surface area contributed by atoms with Gasteiger partial charge in [0.25, 0.3) is 5.56 Å². The molecule has 0 radical (unpaired) electrons. The first-order valence-corrected chi connectivity index (χ1v) is 8.22. The summed E-state index contributed by atoms with van der Waals surface area (Å²) in [6.07, 6.45) is 2.04. The summed E-state index contributed by atoms with van der Waals surface area (Å²) in [6.45, 7) is 3.57. The molecule has 0 spiro atoms. The lowest BCUT2D eigenvalue weighted by atomic mass is 10.3. The van der Waals surface area contributed by atoms with E-state index in [2.05, 4.69) is 10.4 Å². The Bertz CT molecular complexity index is 948. The van der Waals surface area contributed by atoms with E-state index < -0.39 is 6.04 Å². The predicted octanol–water partition coefficient (Wildman–Crippen LogP) is 1.86. The summed E-state index contributed by atoms with van der Waals surface area (Å²) >= 11 is 1.59. The zero-order valence-electron chi connectivity index (χ0n) is 12.4. The Kier molecular flexibility index (Phi) is 2.87. The van der Waals surface area contributed by atoms with Crippen LogP contribution in [0.25, 0.3) is 15.7 Å². The summed E-state index contributed by atoms with van der Waals surface area (Å²) in [4.78, 5) is 24.9. The molecule has 0 aliphatic heterocycles. The van der Waals surface area contributed by atoms with Gasteiger partial charge >= 0.3 is 0 Å². The molecule has 4 rings (SSSR count). The van der Waals surface area contributed by atoms with Crippen LogP contribution in [-0.2, 0) is 4.79 Å². The fourth-order valence-corrected chi connectivity index (χ4v) is 3.52. The third kappa shape index (κ3) is 1.96. The normalized spacial score (nSPS) is 16.3. The Labute approximate surface area is 130 Å². The SMILES string of the molecule is Cc1nn(C(C)C(=O)NC2CC2)c(=O)c2cc3sccc3n12. The molecule has 0 aromatic carbocycles. The van der Waals surface area contributed by atoms with Gasteiger partial charge in [-0.05, 0) is 44.2 Å². The van der Waals surface area contributed by atoms with Crippen molar-refractivity contribution in [3.8, 4) is 0 Å². The Morgan fingerprint density at radius 3 is 2.95 bits per heavy atom. The average Bonchev–Trinajstić information content (AvgIpc) is 3.05. The fraction of sp³-hybridized carbons (Fsp3) is 0.400. The van der Waals surface area contributed by atoms with E-state index >= 15 is 0 Å². The lowest BCUT2D eigenvalue weighted by Crippen LogP contribution is -2.39. The van der Waals surface area contributed by atoms with Crippen molar-refractivity contribution in [3.63, 3.8) is 0 Å². The topological polar surface area (TPSA) is 68.4 Å². The summed E-state index contributed by atoms with van der Waals surface area (Å²) < 4.78 is 4.21. The Balaban J connectivity index is 1.85. The molecule has 1 fully saturated rings. The van der Waals surface area contributed by atoms with E-state index in [1.807, 2.05) is 28.8 Å². The highest BCUT2D eigenvalue weighted by Crippen LogP contribution is 2.25. The lowest BCUT2D eigenvalue weighted by molar-refractivity contribution is -0.124. The molecule has 114 valence electrons. The number of amides is 1. The molecule has 0 saturated heterocycles. The molecule has 1 unspecified atom stereocenters. The van der Waals surface area contributed by atoms with Crippen LogP contribution in [0.3, 0.4) is 0 Å². The number of carbonyl (C=O) groups excluding carboxylic acids is 1. The first-order valence-electron chi connectivity index (χ1n) is 7.34. The maximum absolute atomic E-state index is 12.7. The number of aryl methyl sites for hydroxylation is 1. The van der Waals surface area contributed by atoms with E-state index in [0.29, 0.717) is 11.3 Å². The van der Waals surface area contributed by atoms with Gasteiger partial charge in [-0.3, -0.25) is 14.0 Å². The van der Waals surface area contributed by atoms with E-state index in [9.17, 15) is 9.59 Å². The Morgan fingerprint density at radius 1 is 1.45 bits per heavy atom. The van der Waals surface area contributed by atoms with Crippen molar-refractivity contribution in [2.75, 3.05) is 0 Å². The van der Waals surface area contributed by atoms with Gasteiger partial charge in [0.05, 0.1) is 10.2 Å². The number of aromatic nitrogens is 3. The summed E-state index contributed by atoms with van der Waals surface area (Å²) in [7, 11) is 0. The molecule has 1 atom stereocenters. The summed E-state index contributed by atoms with van der Waals surface area (Å²) in [6, 6.07) is 3.52. The van der Waals surface area contributed by atoms with Crippen molar-refractivity contribution in [2.45, 2.75) is 38.8 Å². The van der Waals surface area contributed by atoms with Crippen molar-refractivity contribution >= 4 is 33.0 Å². The van der Waals surface area contributed by atoms with Crippen molar-refractivity contribution in [1.29, 1.82) is 0 Å². The third-order valence-electron chi connectivity index (χ3n) is 4.10. The molecule has 6 nitrogen and oxygen atoms in total. The minimum Gasteiger partial charge on any atom is -0.352 e. The van der Waals surface area contributed by atoms with Gasteiger partial charge in [-0.15, -0.1) is 11.3 Å². The van der Waals surface area contributed by atoms with Gasteiger partial charge in [-0.2, -0.15) is 5.10 Å². The standard InChI is InChI=1S/C15H16N4O2S/c1-8(14(20)16-10-3-4-10)19-15(21)12-7-13-11(5-6-22-13)18(12)9(2)17-19/h5-8,10H,3-4H2,1-2H3,(H,16,20).